The average molecular weight is 467 g/mol. The maximum absolute atomic E-state index is 14.6. The minimum Gasteiger partial charge on any atom is -0.376 e. The van der Waals surface area contributed by atoms with Gasteiger partial charge < -0.3 is 15.0 Å². The highest BCUT2D eigenvalue weighted by Gasteiger charge is 2.70. The summed E-state index contributed by atoms with van der Waals surface area (Å²) in [6.45, 7) is 8.50. The van der Waals surface area contributed by atoms with Crippen molar-refractivity contribution in [1.29, 1.82) is 0 Å². The van der Waals surface area contributed by atoms with Gasteiger partial charge in [0, 0.05) is 17.9 Å². The van der Waals surface area contributed by atoms with E-state index in [0.717, 1.165) is 23.8 Å². The van der Waals surface area contributed by atoms with E-state index in [1.54, 1.807) is 12.1 Å². The fourth-order valence-corrected chi connectivity index (χ4v) is 4.41. The Morgan fingerprint density at radius 2 is 1.79 bits per heavy atom. The number of hydrogen-bond donors (Lipinski definition) is 1. The number of amides is 2. The predicted molar refractivity (Wildman–Crippen MR) is 115 cm³/mol. The molecule has 2 aliphatic rings. The molecular formula is C24H29F3N2O4. The number of ketones is 1. The van der Waals surface area contributed by atoms with Crippen LogP contribution in [0.1, 0.15) is 63.4 Å². The van der Waals surface area contributed by atoms with Gasteiger partial charge in [-0.1, -0.05) is 32.9 Å². The molecule has 180 valence electrons. The SMILES string of the molecule is CC(=O)C1=C(C)N(C[C@H]2CCCO2)C(=O)[C@]1(NC(=O)c1ccc(C(C)(C)C)cc1)C(F)(F)F. The van der Waals surface area contributed by atoms with Crippen LogP contribution in [-0.4, -0.2) is 53.5 Å². The zero-order valence-electron chi connectivity index (χ0n) is 19.4. The number of nitrogens with zero attached hydrogens (tertiary/aromatic N) is 1. The van der Waals surface area contributed by atoms with Crippen LogP contribution in [0.25, 0.3) is 0 Å². The molecular weight excluding hydrogens is 437 g/mol. The first kappa shape index (κ1) is 25.0. The second-order valence-corrected chi connectivity index (χ2v) is 9.60. The van der Waals surface area contributed by atoms with Crippen molar-refractivity contribution in [3.63, 3.8) is 0 Å². The quantitative estimate of drug-likeness (QED) is 0.714. The number of hydrogen-bond acceptors (Lipinski definition) is 4. The van der Waals surface area contributed by atoms with Crippen molar-refractivity contribution in [2.75, 3.05) is 13.2 Å². The molecule has 33 heavy (non-hydrogen) atoms. The summed E-state index contributed by atoms with van der Waals surface area (Å²) in [7, 11) is 0. The van der Waals surface area contributed by atoms with Crippen LogP contribution in [0, 0.1) is 0 Å². The van der Waals surface area contributed by atoms with Crippen LogP contribution < -0.4 is 5.32 Å². The van der Waals surface area contributed by atoms with E-state index in [4.69, 9.17) is 4.74 Å². The number of Topliss-reactive ketones (excluding diaryl/α,β-unsaturated/α-hetero) is 1. The molecule has 9 heteroatoms. The third-order valence-corrected chi connectivity index (χ3v) is 6.21. The van der Waals surface area contributed by atoms with Crippen LogP contribution >= 0.6 is 0 Å². The molecule has 1 aromatic rings. The summed E-state index contributed by atoms with van der Waals surface area (Å²) in [6, 6.07) is 6.13. The van der Waals surface area contributed by atoms with Crippen LogP contribution in [0.15, 0.2) is 35.5 Å². The van der Waals surface area contributed by atoms with E-state index in [2.05, 4.69) is 0 Å². The van der Waals surface area contributed by atoms with Gasteiger partial charge >= 0.3 is 6.18 Å². The second-order valence-electron chi connectivity index (χ2n) is 9.60. The zero-order valence-corrected chi connectivity index (χ0v) is 19.4. The van der Waals surface area contributed by atoms with Crippen LogP contribution in [0.5, 0.6) is 0 Å². The van der Waals surface area contributed by atoms with Crippen molar-refractivity contribution < 1.29 is 32.3 Å². The normalized spacial score (nSPS) is 23.9. The first-order chi connectivity index (χ1) is 15.2. The van der Waals surface area contributed by atoms with Gasteiger partial charge in [-0.15, -0.1) is 0 Å². The molecule has 1 fully saturated rings. The van der Waals surface area contributed by atoms with Gasteiger partial charge in [-0.2, -0.15) is 13.2 Å². The lowest BCUT2D eigenvalue weighted by molar-refractivity contribution is -0.191. The monoisotopic (exact) mass is 466 g/mol. The molecule has 2 amide bonds. The van der Waals surface area contributed by atoms with Crippen molar-refractivity contribution in [3.05, 3.63) is 46.7 Å². The molecule has 1 N–H and O–H groups in total. The molecule has 1 aromatic carbocycles. The molecule has 0 aromatic heterocycles. The van der Waals surface area contributed by atoms with Crippen LogP contribution in [0.2, 0.25) is 0 Å². The number of rotatable bonds is 5. The van der Waals surface area contributed by atoms with Gasteiger partial charge in [0.25, 0.3) is 11.8 Å². The molecule has 0 aliphatic carbocycles. The van der Waals surface area contributed by atoms with Gasteiger partial charge in [-0.05, 0) is 49.8 Å². The molecule has 2 aliphatic heterocycles. The number of alkyl halides is 3. The number of nitrogens with one attached hydrogen (secondary N) is 1. The van der Waals surface area contributed by atoms with Gasteiger partial charge in [0.2, 0.25) is 5.54 Å². The summed E-state index contributed by atoms with van der Waals surface area (Å²) in [5, 5.41) is 1.90. The van der Waals surface area contributed by atoms with Crippen LogP contribution in [0.4, 0.5) is 13.2 Å². The highest BCUT2D eigenvalue weighted by Crippen LogP contribution is 2.45. The molecule has 0 unspecified atom stereocenters. The fraction of sp³-hybridized carbons (Fsp3) is 0.542. The Morgan fingerprint density at radius 1 is 1.18 bits per heavy atom. The fourth-order valence-electron chi connectivity index (χ4n) is 4.41. The van der Waals surface area contributed by atoms with Gasteiger partial charge in [0.1, 0.15) is 0 Å². The molecule has 0 bridgehead atoms. The van der Waals surface area contributed by atoms with Gasteiger partial charge in [0.15, 0.2) is 5.78 Å². The van der Waals surface area contributed by atoms with Crippen LogP contribution in [0.3, 0.4) is 0 Å². The summed E-state index contributed by atoms with van der Waals surface area (Å²) in [4.78, 5) is 39.5. The van der Waals surface area contributed by atoms with E-state index in [1.165, 1.54) is 19.1 Å². The summed E-state index contributed by atoms with van der Waals surface area (Å²) in [5.74, 6) is -3.42. The second kappa shape index (κ2) is 8.59. The molecule has 3 rings (SSSR count). The minimum atomic E-state index is -5.24. The van der Waals surface area contributed by atoms with Crippen molar-refractivity contribution in [2.24, 2.45) is 0 Å². The first-order valence-corrected chi connectivity index (χ1v) is 10.9. The standard InChI is InChI=1S/C24H29F3N2O4/c1-14-19(15(2)30)23(24(25,26)27,21(32)29(14)13-18-7-6-12-33-18)28-20(31)16-8-10-17(11-9-16)22(3,4)5/h8-11,18H,6-7,12-13H2,1-5H3,(H,28,31)/t18-,23+/m1/s1. The van der Waals surface area contributed by atoms with E-state index in [9.17, 15) is 27.6 Å². The minimum absolute atomic E-state index is 0.0439. The number of benzene rings is 1. The number of carbonyl (C=O) groups excluding carboxylic acids is 3. The summed E-state index contributed by atoms with van der Waals surface area (Å²) >= 11 is 0. The lowest BCUT2D eigenvalue weighted by Crippen LogP contribution is -2.66. The van der Waals surface area contributed by atoms with Gasteiger partial charge in [0.05, 0.1) is 18.2 Å². The summed E-state index contributed by atoms with van der Waals surface area (Å²) in [5.41, 5.74) is -3.71. The Kier molecular flexibility index (Phi) is 6.50. The molecule has 6 nitrogen and oxygen atoms in total. The molecule has 2 heterocycles. The number of halogens is 3. The molecule has 0 radical (unpaired) electrons. The largest absolute Gasteiger partial charge is 0.425 e. The number of allylic oxidation sites excluding steroid dienone is 1. The average Bonchev–Trinajstić information content (AvgIpc) is 3.28. The van der Waals surface area contributed by atoms with E-state index in [0.29, 0.717) is 13.0 Å². The lowest BCUT2D eigenvalue weighted by atomic mass is 9.85. The molecule has 1 saturated heterocycles. The van der Waals surface area contributed by atoms with E-state index in [-0.39, 0.29) is 23.2 Å². The Bertz CT molecular complexity index is 986. The predicted octanol–water partition coefficient (Wildman–Crippen LogP) is 3.90. The smallest absolute Gasteiger partial charge is 0.376 e. The van der Waals surface area contributed by atoms with Gasteiger partial charge in [-0.3, -0.25) is 14.4 Å². The molecule has 0 saturated carbocycles. The van der Waals surface area contributed by atoms with Crippen molar-refractivity contribution in [2.45, 2.75) is 70.7 Å². The van der Waals surface area contributed by atoms with E-state index in [1.807, 2.05) is 26.1 Å². The Hall–Kier alpha value is -2.68. The Morgan fingerprint density at radius 3 is 2.24 bits per heavy atom. The van der Waals surface area contributed by atoms with Crippen molar-refractivity contribution in [1.82, 2.24) is 10.2 Å². The maximum Gasteiger partial charge on any atom is 0.425 e. The summed E-state index contributed by atoms with van der Waals surface area (Å²) in [6.07, 6.45) is -4.33. The summed E-state index contributed by atoms with van der Waals surface area (Å²) < 4.78 is 49.1. The van der Waals surface area contributed by atoms with Gasteiger partial charge in [-0.25, -0.2) is 0 Å². The first-order valence-electron chi connectivity index (χ1n) is 10.9. The zero-order chi connectivity index (χ0) is 24.8. The Labute approximate surface area is 191 Å². The van der Waals surface area contributed by atoms with Crippen LogP contribution in [-0.2, 0) is 19.7 Å². The third-order valence-electron chi connectivity index (χ3n) is 6.21. The third kappa shape index (κ3) is 4.43. The Balaban J connectivity index is 2.02. The van der Waals surface area contributed by atoms with E-state index < -0.39 is 41.0 Å². The van der Waals surface area contributed by atoms with Crippen molar-refractivity contribution >= 4 is 17.6 Å². The highest BCUT2D eigenvalue weighted by molar-refractivity contribution is 6.13. The maximum atomic E-state index is 14.6. The highest BCUT2D eigenvalue weighted by atomic mass is 19.4. The lowest BCUT2D eigenvalue weighted by Gasteiger charge is -2.33. The molecule has 2 atom stereocenters. The number of carbonyl (C=O) groups is 3. The van der Waals surface area contributed by atoms with E-state index >= 15 is 0 Å². The topological polar surface area (TPSA) is 75.7 Å². The van der Waals surface area contributed by atoms with Crippen molar-refractivity contribution in [3.8, 4) is 0 Å². The number of ether oxygens (including phenoxy) is 1. The molecule has 0 spiro atoms.